The zero-order chi connectivity index (χ0) is 21.9. The first-order chi connectivity index (χ1) is 13.7. The Balaban J connectivity index is 2.30. The number of hydrogen-bond donors (Lipinski definition) is 2. The van der Waals surface area contributed by atoms with Crippen LogP contribution in [0.25, 0.3) is 0 Å². The number of nitrogens with one attached hydrogen (secondary N) is 2. The number of amides is 2. The molecule has 2 amide bonds. The summed E-state index contributed by atoms with van der Waals surface area (Å²) in [4.78, 5) is 23.7. The first kappa shape index (κ1) is 24.4. The van der Waals surface area contributed by atoms with Crippen LogP contribution >= 0.6 is 0 Å². The lowest BCUT2D eigenvalue weighted by Crippen LogP contribution is -2.32. The number of hydrogen-bond acceptors (Lipinski definition) is 6. The standard InChI is InChI=1S/C21H34N2O6/c1-21(2,3)29-20(25)22-12-10-8-7-9-11-18(24)23-15-13-16(26-4)19(28-6)17(14-15)27-5/h13-14H,7-12H2,1-6H3,(H,22,25)(H,23,24). The molecular formula is C21H34N2O6. The van der Waals surface area contributed by atoms with Crippen molar-refractivity contribution >= 4 is 17.7 Å². The van der Waals surface area contributed by atoms with Crippen molar-refractivity contribution in [3.63, 3.8) is 0 Å². The van der Waals surface area contributed by atoms with Crippen LogP contribution in [0.15, 0.2) is 12.1 Å². The summed E-state index contributed by atoms with van der Waals surface area (Å²) in [5, 5.41) is 5.58. The lowest BCUT2D eigenvalue weighted by Gasteiger charge is -2.19. The second-order valence-electron chi connectivity index (χ2n) is 7.56. The summed E-state index contributed by atoms with van der Waals surface area (Å²) in [7, 11) is 4.59. The molecule has 0 aliphatic rings. The highest BCUT2D eigenvalue weighted by Crippen LogP contribution is 2.39. The van der Waals surface area contributed by atoms with E-state index in [2.05, 4.69) is 10.6 Å². The van der Waals surface area contributed by atoms with Crippen molar-refractivity contribution in [3.8, 4) is 17.2 Å². The van der Waals surface area contributed by atoms with E-state index in [4.69, 9.17) is 18.9 Å². The van der Waals surface area contributed by atoms with Crippen LogP contribution in [0.5, 0.6) is 17.2 Å². The Morgan fingerprint density at radius 3 is 2.00 bits per heavy atom. The van der Waals surface area contributed by atoms with Crippen LogP contribution in [0.1, 0.15) is 52.9 Å². The van der Waals surface area contributed by atoms with Gasteiger partial charge < -0.3 is 29.6 Å². The maximum Gasteiger partial charge on any atom is 0.407 e. The molecule has 0 radical (unpaired) electrons. The van der Waals surface area contributed by atoms with Gasteiger partial charge in [0.1, 0.15) is 5.60 Å². The number of alkyl carbamates (subject to hydrolysis) is 1. The summed E-state index contributed by atoms with van der Waals surface area (Å²) < 4.78 is 21.0. The predicted octanol–water partition coefficient (Wildman–Crippen LogP) is 4.13. The molecule has 0 saturated heterocycles. The van der Waals surface area contributed by atoms with Crippen molar-refractivity contribution in [2.75, 3.05) is 33.2 Å². The molecule has 0 saturated carbocycles. The van der Waals surface area contributed by atoms with Crippen LogP contribution in [-0.4, -0.2) is 45.5 Å². The topological polar surface area (TPSA) is 95.1 Å². The van der Waals surface area contributed by atoms with Gasteiger partial charge in [0.05, 0.1) is 21.3 Å². The molecule has 0 unspecified atom stereocenters. The second-order valence-corrected chi connectivity index (χ2v) is 7.56. The predicted molar refractivity (Wildman–Crippen MR) is 112 cm³/mol. The second kappa shape index (κ2) is 12.0. The zero-order valence-corrected chi connectivity index (χ0v) is 18.3. The summed E-state index contributed by atoms with van der Waals surface area (Å²) >= 11 is 0. The Labute approximate surface area is 173 Å². The van der Waals surface area contributed by atoms with Gasteiger partial charge in [-0.2, -0.15) is 0 Å². The molecule has 1 aromatic rings. The monoisotopic (exact) mass is 410 g/mol. The van der Waals surface area contributed by atoms with Crippen LogP contribution in [0.4, 0.5) is 10.5 Å². The molecule has 0 atom stereocenters. The number of rotatable bonds is 11. The molecule has 1 aromatic carbocycles. The molecule has 0 aliphatic heterocycles. The quantitative estimate of drug-likeness (QED) is 0.533. The lowest BCUT2D eigenvalue weighted by atomic mass is 10.1. The highest BCUT2D eigenvalue weighted by atomic mass is 16.6. The average Bonchev–Trinajstić information content (AvgIpc) is 2.64. The van der Waals surface area contributed by atoms with Crippen LogP contribution in [0.3, 0.4) is 0 Å². The van der Waals surface area contributed by atoms with Gasteiger partial charge in [-0.1, -0.05) is 12.8 Å². The average molecular weight is 411 g/mol. The van der Waals surface area contributed by atoms with Crippen molar-refractivity contribution in [2.45, 2.75) is 58.5 Å². The third-order valence-corrected chi connectivity index (χ3v) is 3.95. The SMILES string of the molecule is COc1cc(NC(=O)CCCCCCNC(=O)OC(C)(C)C)cc(OC)c1OC. The van der Waals surface area contributed by atoms with Crippen molar-refractivity contribution < 1.29 is 28.5 Å². The van der Waals surface area contributed by atoms with Gasteiger partial charge >= 0.3 is 6.09 Å². The lowest BCUT2D eigenvalue weighted by molar-refractivity contribution is -0.116. The van der Waals surface area contributed by atoms with E-state index in [0.717, 1.165) is 25.7 Å². The van der Waals surface area contributed by atoms with Gasteiger partial charge in [-0.25, -0.2) is 4.79 Å². The first-order valence-electron chi connectivity index (χ1n) is 9.77. The van der Waals surface area contributed by atoms with Crippen LogP contribution < -0.4 is 24.8 Å². The largest absolute Gasteiger partial charge is 0.493 e. The number of anilines is 1. The fraction of sp³-hybridized carbons (Fsp3) is 0.619. The first-order valence-corrected chi connectivity index (χ1v) is 9.77. The molecule has 8 heteroatoms. The Morgan fingerprint density at radius 1 is 0.897 bits per heavy atom. The van der Waals surface area contributed by atoms with E-state index in [1.807, 2.05) is 20.8 Å². The van der Waals surface area contributed by atoms with E-state index in [1.165, 1.54) is 21.3 Å². The fourth-order valence-electron chi connectivity index (χ4n) is 2.65. The normalized spacial score (nSPS) is 10.8. The summed E-state index contributed by atoms with van der Waals surface area (Å²) in [6.45, 7) is 6.05. The van der Waals surface area contributed by atoms with E-state index in [-0.39, 0.29) is 5.91 Å². The number of methoxy groups -OCH3 is 3. The summed E-state index contributed by atoms with van der Waals surface area (Å²) in [6, 6.07) is 3.39. The molecule has 29 heavy (non-hydrogen) atoms. The van der Waals surface area contributed by atoms with E-state index < -0.39 is 11.7 Å². The summed E-state index contributed by atoms with van der Waals surface area (Å²) in [5.41, 5.74) is 0.0982. The van der Waals surface area contributed by atoms with E-state index >= 15 is 0 Å². The molecule has 164 valence electrons. The Morgan fingerprint density at radius 2 is 1.48 bits per heavy atom. The maximum absolute atomic E-state index is 12.2. The number of ether oxygens (including phenoxy) is 4. The molecule has 8 nitrogen and oxygen atoms in total. The van der Waals surface area contributed by atoms with Crippen molar-refractivity contribution in [1.29, 1.82) is 0 Å². The minimum Gasteiger partial charge on any atom is -0.493 e. The number of benzene rings is 1. The van der Waals surface area contributed by atoms with E-state index in [9.17, 15) is 9.59 Å². The molecule has 0 bridgehead atoms. The van der Waals surface area contributed by atoms with Crippen molar-refractivity contribution in [3.05, 3.63) is 12.1 Å². The molecule has 0 aliphatic carbocycles. The van der Waals surface area contributed by atoms with Gasteiger partial charge in [0, 0.05) is 30.8 Å². The number of carbonyl (C=O) groups is 2. The van der Waals surface area contributed by atoms with Crippen LogP contribution in [0.2, 0.25) is 0 Å². The van der Waals surface area contributed by atoms with Gasteiger partial charge in [0.25, 0.3) is 0 Å². The molecule has 0 heterocycles. The molecular weight excluding hydrogens is 376 g/mol. The summed E-state index contributed by atoms with van der Waals surface area (Å²) in [5.74, 6) is 1.37. The third-order valence-electron chi connectivity index (χ3n) is 3.95. The van der Waals surface area contributed by atoms with Crippen molar-refractivity contribution in [2.24, 2.45) is 0 Å². The molecule has 0 fully saturated rings. The number of unbranched alkanes of at least 4 members (excludes halogenated alkanes) is 3. The smallest absolute Gasteiger partial charge is 0.407 e. The Bertz CT molecular complexity index is 645. The van der Waals surface area contributed by atoms with Gasteiger partial charge in [-0.3, -0.25) is 4.79 Å². The molecule has 0 spiro atoms. The Hall–Kier alpha value is -2.64. The minimum absolute atomic E-state index is 0.0776. The minimum atomic E-state index is -0.491. The van der Waals surface area contributed by atoms with Gasteiger partial charge in [0.15, 0.2) is 11.5 Å². The van der Waals surface area contributed by atoms with Gasteiger partial charge in [-0.05, 0) is 33.6 Å². The zero-order valence-electron chi connectivity index (χ0n) is 18.3. The molecule has 2 N–H and O–H groups in total. The Kier molecular flexibility index (Phi) is 10.1. The third kappa shape index (κ3) is 9.40. The highest BCUT2D eigenvalue weighted by Gasteiger charge is 2.16. The maximum atomic E-state index is 12.2. The summed E-state index contributed by atoms with van der Waals surface area (Å²) in [6.07, 6.45) is 3.45. The molecule has 0 aromatic heterocycles. The van der Waals surface area contributed by atoms with Crippen LogP contribution in [-0.2, 0) is 9.53 Å². The van der Waals surface area contributed by atoms with Crippen LogP contribution in [0, 0.1) is 0 Å². The van der Waals surface area contributed by atoms with E-state index in [0.29, 0.717) is 35.9 Å². The highest BCUT2D eigenvalue weighted by molar-refractivity contribution is 5.91. The van der Waals surface area contributed by atoms with Crippen molar-refractivity contribution in [1.82, 2.24) is 5.32 Å². The van der Waals surface area contributed by atoms with E-state index in [1.54, 1.807) is 12.1 Å². The van der Waals surface area contributed by atoms with Gasteiger partial charge in [0.2, 0.25) is 11.7 Å². The molecule has 1 rings (SSSR count). The van der Waals surface area contributed by atoms with Gasteiger partial charge in [-0.15, -0.1) is 0 Å². The fourth-order valence-corrected chi connectivity index (χ4v) is 2.65. The number of carbonyl (C=O) groups excluding carboxylic acids is 2.